The van der Waals surface area contributed by atoms with E-state index in [0.29, 0.717) is 32.1 Å². The highest BCUT2D eigenvalue weighted by Gasteiger charge is 2.23. The SMILES string of the molecule is COc1cc(/C=C/C(=O)N2CCN(c3ncccn3)CC2)c([N+](=O)[O-])cc1OC(F)F. The van der Waals surface area contributed by atoms with Crippen LogP contribution in [0.3, 0.4) is 0 Å². The van der Waals surface area contributed by atoms with Crippen LogP contribution in [0.2, 0.25) is 0 Å². The molecule has 1 saturated heterocycles. The third-order valence-corrected chi connectivity index (χ3v) is 4.56. The van der Waals surface area contributed by atoms with Gasteiger partial charge in [-0.25, -0.2) is 9.97 Å². The second-order valence-corrected chi connectivity index (χ2v) is 6.39. The van der Waals surface area contributed by atoms with Crippen molar-refractivity contribution in [3.05, 3.63) is 52.3 Å². The fourth-order valence-electron chi connectivity index (χ4n) is 3.05. The second-order valence-electron chi connectivity index (χ2n) is 6.39. The molecule has 0 atom stereocenters. The summed E-state index contributed by atoms with van der Waals surface area (Å²) in [7, 11) is 1.22. The van der Waals surface area contributed by atoms with E-state index in [2.05, 4.69) is 14.7 Å². The van der Waals surface area contributed by atoms with Crippen molar-refractivity contribution in [2.24, 2.45) is 0 Å². The third kappa shape index (κ3) is 5.41. The van der Waals surface area contributed by atoms with Gasteiger partial charge in [-0.3, -0.25) is 14.9 Å². The van der Waals surface area contributed by atoms with Crippen molar-refractivity contribution >= 4 is 23.6 Å². The van der Waals surface area contributed by atoms with Crippen molar-refractivity contribution < 1.29 is 28.0 Å². The Morgan fingerprint density at radius 3 is 2.45 bits per heavy atom. The van der Waals surface area contributed by atoms with Crippen LogP contribution in [0.4, 0.5) is 20.4 Å². The lowest BCUT2D eigenvalue weighted by Gasteiger charge is -2.34. The number of nitro benzene ring substituents is 1. The van der Waals surface area contributed by atoms with Crippen molar-refractivity contribution in [2.75, 3.05) is 38.2 Å². The maximum absolute atomic E-state index is 12.5. The summed E-state index contributed by atoms with van der Waals surface area (Å²) in [6.07, 6.45) is 5.73. The van der Waals surface area contributed by atoms with Gasteiger partial charge in [0.05, 0.1) is 23.7 Å². The van der Waals surface area contributed by atoms with Gasteiger partial charge in [0.25, 0.3) is 5.69 Å². The van der Waals surface area contributed by atoms with Crippen LogP contribution in [0.1, 0.15) is 5.56 Å². The number of rotatable bonds is 7. The minimum Gasteiger partial charge on any atom is -0.493 e. The number of carbonyl (C=O) groups excluding carboxylic acids is 1. The number of alkyl halides is 2. The zero-order valence-corrected chi connectivity index (χ0v) is 16.5. The maximum atomic E-state index is 12.5. The standard InChI is InChI=1S/C19H19F2N5O5/c1-30-15-11-13(14(26(28)29)12-16(15)31-18(20)21)3-4-17(27)24-7-9-25(10-8-24)19-22-5-2-6-23-19/h2-6,11-12,18H,7-10H2,1H3/b4-3+. The van der Waals surface area contributed by atoms with Crippen molar-refractivity contribution in [2.45, 2.75) is 6.61 Å². The molecule has 3 rings (SSSR count). The van der Waals surface area contributed by atoms with E-state index in [1.54, 1.807) is 23.4 Å². The van der Waals surface area contributed by atoms with Crippen LogP contribution in [-0.2, 0) is 4.79 Å². The minimum absolute atomic E-state index is 0.0214. The molecule has 2 heterocycles. The monoisotopic (exact) mass is 435 g/mol. The molecule has 1 amide bonds. The Morgan fingerprint density at radius 1 is 1.19 bits per heavy atom. The normalized spacial score (nSPS) is 14.2. The highest BCUT2D eigenvalue weighted by atomic mass is 19.3. The molecule has 1 aliphatic rings. The van der Waals surface area contributed by atoms with Crippen LogP contribution in [-0.4, -0.2) is 65.6 Å². The number of benzene rings is 1. The van der Waals surface area contributed by atoms with Crippen molar-refractivity contribution in [3.63, 3.8) is 0 Å². The third-order valence-electron chi connectivity index (χ3n) is 4.56. The topological polar surface area (TPSA) is 111 Å². The van der Waals surface area contributed by atoms with E-state index in [1.165, 1.54) is 25.3 Å². The summed E-state index contributed by atoms with van der Waals surface area (Å²) in [5.74, 6) is -0.338. The first-order chi connectivity index (χ1) is 14.9. The average molecular weight is 435 g/mol. The van der Waals surface area contributed by atoms with E-state index in [-0.39, 0.29) is 17.2 Å². The zero-order valence-electron chi connectivity index (χ0n) is 16.5. The molecule has 0 unspecified atom stereocenters. The predicted molar refractivity (Wildman–Crippen MR) is 106 cm³/mol. The Balaban J connectivity index is 1.72. The zero-order chi connectivity index (χ0) is 22.4. The largest absolute Gasteiger partial charge is 0.493 e. The Morgan fingerprint density at radius 2 is 1.87 bits per heavy atom. The van der Waals surface area contributed by atoms with Gasteiger partial charge in [-0.2, -0.15) is 8.78 Å². The van der Waals surface area contributed by atoms with E-state index in [1.807, 2.05) is 4.90 Å². The highest BCUT2D eigenvalue weighted by Crippen LogP contribution is 2.36. The number of aromatic nitrogens is 2. The molecule has 1 fully saturated rings. The molecule has 0 N–H and O–H groups in total. The van der Waals surface area contributed by atoms with Gasteiger partial charge < -0.3 is 19.3 Å². The van der Waals surface area contributed by atoms with E-state index in [9.17, 15) is 23.7 Å². The molecule has 2 aromatic rings. The van der Waals surface area contributed by atoms with Crippen LogP contribution in [0, 0.1) is 10.1 Å². The van der Waals surface area contributed by atoms with Crippen molar-refractivity contribution in [3.8, 4) is 11.5 Å². The van der Waals surface area contributed by atoms with Crippen LogP contribution >= 0.6 is 0 Å². The summed E-state index contributed by atoms with van der Waals surface area (Å²) >= 11 is 0. The van der Waals surface area contributed by atoms with Gasteiger partial charge in [0.15, 0.2) is 11.5 Å². The molecule has 10 nitrogen and oxygen atoms in total. The van der Waals surface area contributed by atoms with Gasteiger partial charge in [0, 0.05) is 44.6 Å². The van der Waals surface area contributed by atoms with Gasteiger partial charge in [-0.1, -0.05) is 0 Å². The van der Waals surface area contributed by atoms with E-state index in [0.717, 1.165) is 6.07 Å². The molecule has 1 aromatic heterocycles. The molecular weight excluding hydrogens is 416 g/mol. The average Bonchev–Trinajstić information content (AvgIpc) is 2.78. The Bertz CT molecular complexity index is 966. The van der Waals surface area contributed by atoms with Crippen LogP contribution in [0.25, 0.3) is 6.08 Å². The smallest absolute Gasteiger partial charge is 0.387 e. The first-order valence-corrected chi connectivity index (χ1v) is 9.19. The number of hydrogen-bond donors (Lipinski definition) is 0. The Labute approximate surface area is 175 Å². The van der Waals surface area contributed by atoms with Crippen molar-refractivity contribution in [1.29, 1.82) is 0 Å². The first-order valence-electron chi connectivity index (χ1n) is 9.19. The Kier molecular flexibility index (Phi) is 6.90. The number of carbonyl (C=O) groups is 1. The number of nitrogens with zero attached hydrogens (tertiary/aromatic N) is 5. The molecule has 164 valence electrons. The molecule has 0 bridgehead atoms. The van der Waals surface area contributed by atoms with E-state index < -0.39 is 23.0 Å². The minimum atomic E-state index is -3.17. The maximum Gasteiger partial charge on any atom is 0.387 e. The molecule has 1 aromatic carbocycles. The molecule has 0 spiro atoms. The number of ether oxygens (including phenoxy) is 2. The summed E-state index contributed by atoms with van der Waals surface area (Å²) in [5.41, 5.74) is -0.473. The molecule has 1 aliphatic heterocycles. The summed E-state index contributed by atoms with van der Waals surface area (Å²) in [6.45, 7) is -1.24. The van der Waals surface area contributed by atoms with Crippen LogP contribution in [0.5, 0.6) is 11.5 Å². The molecule has 0 radical (unpaired) electrons. The van der Waals surface area contributed by atoms with Crippen molar-refractivity contribution in [1.82, 2.24) is 14.9 Å². The molecular formula is C19H19F2N5O5. The number of anilines is 1. The van der Waals surface area contributed by atoms with Gasteiger partial charge in [0.1, 0.15) is 0 Å². The summed E-state index contributed by atoms with van der Waals surface area (Å²) in [4.78, 5) is 35.0. The second kappa shape index (κ2) is 9.78. The number of amides is 1. The summed E-state index contributed by atoms with van der Waals surface area (Å²) < 4.78 is 34.3. The first kappa shape index (κ1) is 21.9. The van der Waals surface area contributed by atoms with E-state index in [4.69, 9.17) is 4.74 Å². The lowest BCUT2D eigenvalue weighted by atomic mass is 10.1. The lowest BCUT2D eigenvalue weighted by molar-refractivity contribution is -0.385. The van der Waals surface area contributed by atoms with Crippen LogP contribution in [0.15, 0.2) is 36.7 Å². The highest BCUT2D eigenvalue weighted by molar-refractivity contribution is 5.92. The number of piperazine rings is 1. The molecule has 12 heteroatoms. The fourth-order valence-corrected chi connectivity index (χ4v) is 3.05. The number of halogens is 2. The molecule has 0 aliphatic carbocycles. The van der Waals surface area contributed by atoms with Gasteiger partial charge >= 0.3 is 6.61 Å². The van der Waals surface area contributed by atoms with Gasteiger partial charge in [-0.15, -0.1) is 0 Å². The number of methoxy groups -OCH3 is 1. The van der Waals surface area contributed by atoms with E-state index >= 15 is 0 Å². The van der Waals surface area contributed by atoms with Gasteiger partial charge in [-0.05, 0) is 18.2 Å². The quantitative estimate of drug-likeness (QED) is 0.370. The Hall–Kier alpha value is -3.83. The number of nitro groups is 1. The fraction of sp³-hybridized carbons (Fsp3) is 0.316. The number of hydrogen-bond acceptors (Lipinski definition) is 8. The predicted octanol–water partition coefficient (Wildman–Crippen LogP) is 2.36. The molecule has 0 saturated carbocycles. The van der Waals surface area contributed by atoms with Crippen LogP contribution < -0.4 is 14.4 Å². The lowest BCUT2D eigenvalue weighted by Crippen LogP contribution is -2.48. The summed E-state index contributed by atoms with van der Waals surface area (Å²) in [5, 5.41) is 11.4. The summed E-state index contributed by atoms with van der Waals surface area (Å²) in [6, 6.07) is 3.73. The molecule has 31 heavy (non-hydrogen) atoms. The van der Waals surface area contributed by atoms with Gasteiger partial charge in [0.2, 0.25) is 11.9 Å².